The summed E-state index contributed by atoms with van der Waals surface area (Å²) in [6.45, 7) is 9.74. The van der Waals surface area contributed by atoms with Crippen LogP contribution >= 0.6 is 23.2 Å². The lowest BCUT2D eigenvalue weighted by Crippen LogP contribution is -2.18. The van der Waals surface area contributed by atoms with Gasteiger partial charge in [0.2, 0.25) is 0 Å². The van der Waals surface area contributed by atoms with Gasteiger partial charge in [0, 0.05) is 0 Å². The summed E-state index contributed by atoms with van der Waals surface area (Å²) < 4.78 is 0. The van der Waals surface area contributed by atoms with E-state index in [2.05, 4.69) is 16.9 Å². The Morgan fingerprint density at radius 2 is 1.82 bits per heavy atom. The van der Waals surface area contributed by atoms with E-state index in [1.165, 1.54) is 0 Å². The van der Waals surface area contributed by atoms with Crippen molar-refractivity contribution in [2.24, 2.45) is 4.99 Å². The van der Waals surface area contributed by atoms with Gasteiger partial charge in [-0.2, -0.15) is 0 Å². The molecule has 0 heterocycles. The van der Waals surface area contributed by atoms with Crippen LogP contribution in [0, 0.1) is 0 Å². The highest BCUT2D eigenvalue weighted by Gasteiger charge is 2.11. The zero-order chi connectivity index (χ0) is 13.1. The van der Waals surface area contributed by atoms with E-state index in [-0.39, 0.29) is 5.54 Å². The lowest BCUT2D eigenvalue weighted by atomic mass is 10.1. The fraction of sp³-hybridized carbons (Fsp3) is 0.308. The van der Waals surface area contributed by atoms with Crippen LogP contribution in [0.1, 0.15) is 20.8 Å². The molecule has 4 heteroatoms. The number of para-hydroxylation sites is 1. The van der Waals surface area contributed by atoms with Crippen molar-refractivity contribution >= 4 is 34.7 Å². The van der Waals surface area contributed by atoms with Crippen LogP contribution < -0.4 is 5.32 Å². The van der Waals surface area contributed by atoms with Gasteiger partial charge >= 0.3 is 0 Å². The molecule has 0 spiro atoms. The van der Waals surface area contributed by atoms with E-state index < -0.39 is 0 Å². The normalized spacial score (nSPS) is 12.4. The van der Waals surface area contributed by atoms with Crippen molar-refractivity contribution in [2.45, 2.75) is 26.3 Å². The summed E-state index contributed by atoms with van der Waals surface area (Å²) in [5, 5.41) is 4.20. The van der Waals surface area contributed by atoms with Gasteiger partial charge < -0.3 is 5.32 Å². The molecule has 0 aromatic heterocycles. The molecule has 0 aliphatic carbocycles. The lowest BCUT2D eigenvalue weighted by Gasteiger charge is -2.16. The van der Waals surface area contributed by atoms with Gasteiger partial charge in [-0.15, -0.1) is 0 Å². The average molecular weight is 271 g/mol. The summed E-state index contributed by atoms with van der Waals surface area (Å²) in [5.74, 6) is 0.646. The van der Waals surface area contributed by atoms with E-state index in [0.717, 1.165) is 0 Å². The van der Waals surface area contributed by atoms with E-state index >= 15 is 0 Å². The molecule has 0 amide bonds. The summed E-state index contributed by atoms with van der Waals surface area (Å²) >= 11 is 12.1. The summed E-state index contributed by atoms with van der Waals surface area (Å²) in [6, 6.07) is 5.34. The summed E-state index contributed by atoms with van der Waals surface area (Å²) in [5.41, 5.74) is 0.461. The Balaban J connectivity index is 3.04. The number of rotatable bonds is 2. The van der Waals surface area contributed by atoms with Crippen LogP contribution in [0.3, 0.4) is 0 Å². The summed E-state index contributed by atoms with van der Waals surface area (Å²) in [4.78, 5) is 4.48. The molecule has 0 saturated carbocycles. The predicted octanol–water partition coefficient (Wildman–Crippen LogP) is 4.79. The van der Waals surface area contributed by atoms with Gasteiger partial charge in [0.25, 0.3) is 0 Å². The zero-order valence-electron chi connectivity index (χ0n) is 10.2. The number of benzene rings is 1. The molecular weight excluding hydrogens is 255 g/mol. The first-order chi connectivity index (χ1) is 7.83. The van der Waals surface area contributed by atoms with Crippen LogP contribution in [0.25, 0.3) is 0 Å². The Labute approximate surface area is 112 Å². The van der Waals surface area contributed by atoms with Crippen molar-refractivity contribution in [1.82, 2.24) is 0 Å². The zero-order valence-corrected chi connectivity index (χ0v) is 11.7. The number of halogens is 2. The number of nitrogens with zero attached hydrogens (tertiary/aromatic N) is 1. The standard InChI is InChI=1S/C13H16Cl2N2/c1-5-11(17-13(2,3)4)16-12-9(14)7-6-8-10(12)15/h5-8H,1H2,2-4H3,(H,16,17). The van der Waals surface area contributed by atoms with Crippen LogP contribution in [-0.4, -0.2) is 11.4 Å². The van der Waals surface area contributed by atoms with Crippen molar-refractivity contribution in [3.63, 3.8) is 0 Å². The molecule has 17 heavy (non-hydrogen) atoms. The maximum atomic E-state index is 6.07. The van der Waals surface area contributed by atoms with E-state index in [9.17, 15) is 0 Å². The molecule has 1 aromatic rings. The minimum atomic E-state index is -0.190. The third kappa shape index (κ3) is 4.41. The average Bonchev–Trinajstić information content (AvgIpc) is 2.20. The number of aliphatic imine (C=N–C) groups is 1. The number of hydrogen-bond donors (Lipinski definition) is 1. The molecule has 0 aliphatic heterocycles. The van der Waals surface area contributed by atoms with Gasteiger partial charge in [-0.1, -0.05) is 35.8 Å². The van der Waals surface area contributed by atoms with Gasteiger partial charge in [-0.05, 0) is 39.0 Å². The minimum Gasteiger partial charge on any atom is -0.338 e. The molecule has 0 unspecified atom stereocenters. The Morgan fingerprint density at radius 1 is 1.29 bits per heavy atom. The lowest BCUT2D eigenvalue weighted by molar-refractivity contribution is 0.584. The molecule has 92 valence electrons. The Morgan fingerprint density at radius 3 is 2.24 bits per heavy atom. The monoisotopic (exact) mass is 270 g/mol. The smallest absolute Gasteiger partial charge is 0.125 e. The number of anilines is 1. The first-order valence-corrected chi connectivity index (χ1v) is 6.02. The van der Waals surface area contributed by atoms with Crippen LogP contribution in [0.5, 0.6) is 0 Å². The third-order valence-electron chi connectivity index (χ3n) is 1.87. The van der Waals surface area contributed by atoms with Gasteiger partial charge in [-0.25, -0.2) is 0 Å². The van der Waals surface area contributed by atoms with Crippen LogP contribution in [-0.2, 0) is 0 Å². The first-order valence-electron chi connectivity index (χ1n) is 5.27. The van der Waals surface area contributed by atoms with E-state index in [0.29, 0.717) is 21.6 Å². The second kappa shape index (κ2) is 5.56. The van der Waals surface area contributed by atoms with Crippen LogP contribution in [0.4, 0.5) is 5.69 Å². The second-order valence-corrected chi connectivity index (χ2v) is 5.41. The maximum absolute atomic E-state index is 6.07. The largest absolute Gasteiger partial charge is 0.338 e. The van der Waals surface area contributed by atoms with Crippen molar-refractivity contribution in [1.29, 1.82) is 0 Å². The van der Waals surface area contributed by atoms with Crippen molar-refractivity contribution < 1.29 is 0 Å². The quantitative estimate of drug-likeness (QED) is 0.607. The Hall–Kier alpha value is -0.990. The highest BCUT2D eigenvalue weighted by atomic mass is 35.5. The molecule has 1 N–H and O–H groups in total. The van der Waals surface area contributed by atoms with Crippen molar-refractivity contribution in [3.8, 4) is 0 Å². The van der Waals surface area contributed by atoms with E-state index in [1.807, 2.05) is 20.8 Å². The van der Waals surface area contributed by atoms with Gasteiger partial charge in [0.05, 0.1) is 21.3 Å². The predicted molar refractivity (Wildman–Crippen MR) is 77.5 cm³/mol. The highest BCUT2D eigenvalue weighted by Crippen LogP contribution is 2.30. The highest BCUT2D eigenvalue weighted by molar-refractivity contribution is 6.40. The van der Waals surface area contributed by atoms with Gasteiger partial charge in [0.1, 0.15) is 5.84 Å². The van der Waals surface area contributed by atoms with Crippen LogP contribution in [0.15, 0.2) is 35.8 Å². The first kappa shape index (κ1) is 14.1. The molecule has 1 rings (SSSR count). The number of hydrogen-bond acceptors (Lipinski definition) is 1. The Bertz CT molecular complexity index is 425. The molecular formula is C13H16Cl2N2. The van der Waals surface area contributed by atoms with Crippen molar-refractivity contribution in [3.05, 3.63) is 40.9 Å². The molecule has 0 aliphatic rings. The van der Waals surface area contributed by atoms with E-state index in [1.54, 1.807) is 24.3 Å². The Kier molecular flexibility index (Phi) is 4.61. The molecule has 2 nitrogen and oxygen atoms in total. The fourth-order valence-electron chi connectivity index (χ4n) is 1.23. The maximum Gasteiger partial charge on any atom is 0.125 e. The SMILES string of the molecule is C=CC(=NC(C)(C)C)Nc1c(Cl)cccc1Cl. The number of amidine groups is 1. The molecule has 1 aromatic carbocycles. The van der Waals surface area contributed by atoms with E-state index in [4.69, 9.17) is 23.2 Å². The summed E-state index contributed by atoms with van der Waals surface area (Å²) in [7, 11) is 0. The molecule has 0 fully saturated rings. The summed E-state index contributed by atoms with van der Waals surface area (Å²) in [6.07, 6.45) is 1.64. The van der Waals surface area contributed by atoms with Gasteiger partial charge in [0.15, 0.2) is 0 Å². The molecule has 0 atom stereocenters. The second-order valence-electron chi connectivity index (χ2n) is 4.59. The van der Waals surface area contributed by atoms with Gasteiger partial charge in [-0.3, -0.25) is 4.99 Å². The third-order valence-corrected chi connectivity index (χ3v) is 2.49. The minimum absolute atomic E-state index is 0.190. The fourth-order valence-corrected chi connectivity index (χ4v) is 1.72. The molecule has 0 radical (unpaired) electrons. The van der Waals surface area contributed by atoms with Crippen molar-refractivity contribution in [2.75, 3.05) is 5.32 Å². The topological polar surface area (TPSA) is 24.4 Å². The molecule has 0 saturated heterocycles. The molecule has 0 bridgehead atoms. The van der Waals surface area contributed by atoms with Crippen LogP contribution in [0.2, 0.25) is 10.0 Å². The number of nitrogens with one attached hydrogen (secondary N) is 1.